The summed E-state index contributed by atoms with van der Waals surface area (Å²) < 4.78 is 26.7. The van der Waals surface area contributed by atoms with E-state index in [2.05, 4.69) is 6.92 Å². The van der Waals surface area contributed by atoms with E-state index in [0.717, 1.165) is 6.42 Å². The highest BCUT2D eigenvalue weighted by Gasteiger charge is 2.36. The molecule has 0 spiro atoms. The molecule has 0 radical (unpaired) electrons. The van der Waals surface area contributed by atoms with Crippen molar-refractivity contribution in [2.45, 2.75) is 64.4 Å². The maximum Gasteiger partial charge on any atom is 0.500 e. The van der Waals surface area contributed by atoms with Gasteiger partial charge in [0, 0.05) is 47.0 Å². The van der Waals surface area contributed by atoms with Crippen molar-refractivity contribution in [2.24, 2.45) is 0 Å². The zero-order chi connectivity index (χ0) is 18.4. The van der Waals surface area contributed by atoms with Crippen LogP contribution in [0.3, 0.4) is 0 Å². The van der Waals surface area contributed by atoms with Crippen molar-refractivity contribution in [3.63, 3.8) is 0 Å². The molecule has 0 saturated carbocycles. The molecule has 0 bridgehead atoms. The Kier molecular flexibility index (Phi) is 13.7. The minimum absolute atomic E-state index is 0.00470. The molecule has 0 aliphatic carbocycles. The highest BCUT2D eigenvalue weighted by molar-refractivity contribution is 6.60. The fourth-order valence-electron chi connectivity index (χ4n) is 2.09. The van der Waals surface area contributed by atoms with Gasteiger partial charge >= 0.3 is 8.80 Å². The lowest BCUT2D eigenvalue weighted by molar-refractivity contribution is -0.136. The number of carbonyl (C=O) groups is 1. The van der Waals surface area contributed by atoms with E-state index in [9.17, 15) is 9.90 Å². The van der Waals surface area contributed by atoms with Crippen LogP contribution in [0.4, 0.5) is 0 Å². The number of aliphatic hydroxyl groups is 1. The fraction of sp³-hybridized carbons (Fsp3) is 0.938. The minimum atomic E-state index is -2.60. The number of hydrogen-bond donors (Lipinski definition) is 1. The second-order valence-corrected chi connectivity index (χ2v) is 8.75. The van der Waals surface area contributed by atoms with E-state index in [1.165, 1.54) is 0 Å². The molecule has 2 unspecified atom stereocenters. The molecule has 0 amide bonds. The van der Waals surface area contributed by atoms with Gasteiger partial charge in [0.1, 0.15) is 5.78 Å². The molecule has 0 rings (SSSR count). The molecule has 0 heterocycles. The molecule has 0 fully saturated rings. The summed E-state index contributed by atoms with van der Waals surface area (Å²) in [6.45, 7) is 4.95. The average Bonchev–Trinajstić information content (AvgIpc) is 2.59. The quantitative estimate of drug-likeness (QED) is 0.254. The normalized spacial score (nSPS) is 14.6. The molecule has 0 aliphatic heterocycles. The summed E-state index contributed by atoms with van der Waals surface area (Å²) in [4.78, 5) is 11.7. The number of Topliss-reactive ketones (excluding diaryl/α,β-unsaturated/α-hetero) is 1. The number of hydrogen-bond acceptors (Lipinski definition) is 7. The summed E-state index contributed by atoms with van der Waals surface area (Å²) in [5.74, 6) is -0.0235. The highest BCUT2D eigenvalue weighted by Crippen LogP contribution is 2.15. The van der Waals surface area contributed by atoms with E-state index < -0.39 is 15.1 Å². The lowest BCUT2D eigenvalue weighted by Gasteiger charge is -2.24. The smallest absolute Gasteiger partial charge is 0.379 e. The molecule has 0 saturated heterocycles. The maximum atomic E-state index is 11.7. The summed E-state index contributed by atoms with van der Waals surface area (Å²) in [5, 5.41) is 9.75. The first kappa shape index (κ1) is 23.6. The Morgan fingerprint density at radius 1 is 1.04 bits per heavy atom. The Bertz CT molecular complexity index is 315. The third kappa shape index (κ3) is 10.5. The Morgan fingerprint density at radius 3 is 2.17 bits per heavy atom. The molecule has 7 nitrogen and oxygen atoms in total. The second kappa shape index (κ2) is 13.9. The maximum absolute atomic E-state index is 11.7. The average molecular weight is 367 g/mol. The molecule has 2 atom stereocenters. The van der Waals surface area contributed by atoms with Crippen molar-refractivity contribution in [1.29, 1.82) is 0 Å². The third-order valence-corrected chi connectivity index (χ3v) is 6.68. The zero-order valence-electron chi connectivity index (χ0n) is 15.7. The van der Waals surface area contributed by atoms with Crippen molar-refractivity contribution < 1.29 is 32.7 Å². The summed E-state index contributed by atoms with van der Waals surface area (Å²) in [7, 11) is 2.06. The molecule has 24 heavy (non-hydrogen) atoms. The van der Waals surface area contributed by atoms with Gasteiger partial charge < -0.3 is 27.9 Å². The SMILES string of the molecule is CCC(C)OCCCC(=O)CC(O)OCCC[Si](OC)(OC)OC. The Labute approximate surface area is 146 Å². The van der Waals surface area contributed by atoms with E-state index >= 15 is 0 Å². The van der Waals surface area contributed by atoms with Gasteiger partial charge in [0.25, 0.3) is 0 Å². The Hall–Kier alpha value is -0.353. The molecular formula is C16H34O7Si. The van der Waals surface area contributed by atoms with E-state index in [0.29, 0.717) is 38.5 Å². The third-order valence-electron chi connectivity index (χ3n) is 3.85. The lowest BCUT2D eigenvalue weighted by atomic mass is 10.1. The van der Waals surface area contributed by atoms with Crippen LogP contribution in [0.15, 0.2) is 0 Å². The van der Waals surface area contributed by atoms with Crippen LogP contribution in [0.2, 0.25) is 6.04 Å². The second-order valence-electron chi connectivity index (χ2n) is 5.66. The molecule has 0 aromatic carbocycles. The van der Waals surface area contributed by atoms with E-state index in [-0.39, 0.29) is 18.3 Å². The van der Waals surface area contributed by atoms with E-state index in [4.69, 9.17) is 22.8 Å². The van der Waals surface area contributed by atoms with Crippen LogP contribution in [-0.4, -0.2) is 66.6 Å². The van der Waals surface area contributed by atoms with Gasteiger partial charge in [0.2, 0.25) is 0 Å². The first-order chi connectivity index (χ1) is 11.4. The highest BCUT2D eigenvalue weighted by atomic mass is 28.4. The predicted octanol–water partition coefficient (Wildman–Crippen LogP) is 2.14. The number of ether oxygens (including phenoxy) is 2. The van der Waals surface area contributed by atoms with Gasteiger partial charge in [-0.15, -0.1) is 0 Å². The van der Waals surface area contributed by atoms with Gasteiger partial charge in [-0.2, -0.15) is 0 Å². The van der Waals surface area contributed by atoms with Gasteiger partial charge in [-0.25, -0.2) is 0 Å². The summed E-state index contributed by atoms with van der Waals surface area (Å²) in [6.07, 6.45) is 1.79. The van der Waals surface area contributed by atoms with Gasteiger partial charge in [-0.3, -0.25) is 4.79 Å². The number of aliphatic hydroxyl groups excluding tert-OH is 1. The molecule has 0 aliphatic rings. The summed E-state index contributed by atoms with van der Waals surface area (Å²) in [5.41, 5.74) is 0. The van der Waals surface area contributed by atoms with Crippen molar-refractivity contribution >= 4 is 14.6 Å². The van der Waals surface area contributed by atoms with Crippen LogP contribution in [-0.2, 0) is 27.5 Å². The molecular weight excluding hydrogens is 332 g/mol. The zero-order valence-corrected chi connectivity index (χ0v) is 16.7. The molecule has 8 heteroatoms. The van der Waals surface area contributed by atoms with Gasteiger partial charge in [0.05, 0.1) is 12.5 Å². The van der Waals surface area contributed by atoms with E-state index in [1.54, 1.807) is 21.3 Å². The monoisotopic (exact) mass is 366 g/mol. The lowest BCUT2D eigenvalue weighted by Crippen LogP contribution is -2.42. The summed E-state index contributed by atoms with van der Waals surface area (Å²) >= 11 is 0. The molecule has 1 N–H and O–H groups in total. The first-order valence-electron chi connectivity index (χ1n) is 8.51. The van der Waals surface area contributed by atoms with Crippen LogP contribution in [0.5, 0.6) is 0 Å². The van der Waals surface area contributed by atoms with Crippen LogP contribution in [0.25, 0.3) is 0 Å². The van der Waals surface area contributed by atoms with Crippen molar-refractivity contribution in [1.82, 2.24) is 0 Å². The molecule has 144 valence electrons. The fourth-order valence-corrected chi connectivity index (χ4v) is 3.78. The van der Waals surface area contributed by atoms with Gasteiger partial charge in [-0.05, 0) is 26.2 Å². The number of ketones is 1. The minimum Gasteiger partial charge on any atom is -0.379 e. The molecule has 0 aromatic heterocycles. The Morgan fingerprint density at radius 2 is 1.62 bits per heavy atom. The van der Waals surface area contributed by atoms with Gasteiger partial charge in [0.15, 0.2) is 6.29 Å². The Balaban J connectivity index is 3.78. The van der Waals surface area contributed by atoms with Crippen LogP contribution in [0.1, 0.15) is 46.0 Å². The number of rotatable bonds is 16. The van der Waals surface area contributed by atoms with Crippen LogP contribution < -0.4 is 0 Å². The number of carbonyl (C=O) groups excluding carboxylic acids is 1. The van der Waals surface area contributed by atoms with E-state index in [1.807, 2.05) is 6.92 Å². The van der Waals surface area contributed by atoms with Crippen LogP contribution in [0, 0.1) is 0 Å². The largest absolute Gasteiger partial charge is 0.500 e. The summed E-state index contributed by atoms with van der Waals surface area (Å²) in [6, 6.07) is 0.587. The van der Waals surface area contributed by atoms with Crippen LogP contribution >= 0.6 is 0 Å². The topological polar surface area (TPSA) is 83.5 Å². The van der Waals surface area contributed by atoms with Crippen molar-refractivity contribution in [3.05, 3.63) is 0 Å². The molecule has 0 aromatic rings. The predicted molar refractivity (Wildman–Crippen MR) is 92.7 cm³/mol. The van der Waals surface area contributed by atoms with Crippen molar-refractivity contribution in [3.8, 4) is 0 Å². The first-order valence-corrected chi connectivity index (χ1v) is 10.4. The standard InChI is InChI=1S/C16H34O7Si/c1-6-14(2)22-10-7-9-15(17)13-16(18)23-11-8-12-24(19-3,20-4)21-5/h14,16,18H,6-13H2,1-5H3. The van der Waals surface area contributed by atoms with Crippen molar-refractivity contribution in [2.75, 3.05) is 34.5 Å². The van der Waals surface area contributed by atoms with Gasteiger partial charge in [-0.1, -0.05) is 6.92 Å².